The molecule has 0 radical (unpaired) electrons. The van der Waals surface area contributed by atoms with Gasteiger partial charge in [0.2, 0.25) is 0 Å². The molecule has 14 heavy (non-hydrogen) atoms. The Morgan fingerprint density at radius 3 is 2.50 bits per heavy atom. The monoisotopic (exact) mass is 194 g/mol. The molecule has 0 heterocycles. The van der Waals surface area contributed by atoms with Gasteiger partial charge < -0.3 is 9.47 Å². The van der Waals surface area contributed by atoms with Crippen LogP contribution in [-0.4, -0.2) is 19.0 Å². The fourth-order valence-electron chi connectivity index (χ4n) is 0.858. The number of hydrogen-bond donors (Lipinski definition) is 0. The van der Waals surface area contributed by atoms with Gasteiger partial charge in [0.05, 0.1) is 6.61 Å². The van der Waals surface area contributed by atoms with Gasteiger partial charge in [0.25, 0.3) is 0 Å². The van der Waals surface area contributed by atoms with Gasteiger partial charge in [0.15, 0.2) is 0 Å². The van der Waals surface area contributed by atoms with E-state index in [0.29, 0.717) is 17.6 Å². The van der Waals surface area contributed by atoms with Gasteiger partial charge in [-0.2, -0.15) is 0 Å². The van der Waals surface area contributed by atoms with Crippen LogP contribution in [0.5, 0.6) is 5.75 Å². The molecule has 0 saturated heterocycles. The number of hydrogen-bond acceptors (Lipinski definition) is 4. The summed E-state index contributed by atoms with van der Waals surface area (Å²) in [6, 6.07) is 6.17. The van der Waals surface area contributed by atoms with Crippen molar-refractivity contribution < 1.29 is 19.1 Å². The predicted octanol–water partition coefficient (Wildman–Crippen LogP) is 2.03. The third kappa shape index (κ3) is 2.90. The quantitative estimate of drug-likeness (QED) is 0.419. The first-order valence-corrected chi connectivity index (χ1v) is 4.16. The minimum absolute atomic E-state index is 0.269. The molecule has 4 nitrogen and oxygen atoms in total. The Bertz CT molecular complexity index is 315. The zero-order chi connectivity index (χ0) is 10.4. The Balaban J connectivity index is 2.59. The maximum Gasteiger partial charge on any atom is 0.513 e. The molecular formula is C10H10O4. The van der Waals surface area contributed by atoms with Crippen LogP contribution in [0.2, 0.25) is 0 Å². The highest BCUT2D eigenvalue weighted by Crippen LogP contribution is 2.11. The number of ether oxygens (including phenoxy) is 2. The molecule has 4 heteroatoms. The third-order valence-corrected chi connectivity index (χ3v) is 1.48. The smallest absolute Gasteiger partial charge is 0.434 e. The number of carbonyl (C=O) groups excluding carboxylic acids is 2. The molecule has 0 N–H and O–H groups in total. The van der Waals surface area contributed by atoms with Crippen molar-refractivity contribution in [3.05, 3.63) is 29.8 Å². The van der Waals surface area contributed by atoms with E-state index in [0.717, 1.165) is 0 Å². The Morgan fingerprint density at radius 2 is 2.00 bits per heavy atom. The lowest BCUT2D eigenvalue weighted by Gasteiger charge is -2.03. The first-order valence-electron chi connectivity index (χ1n) is 4.16. The maximum absolute atomic E-state index is 10.9. The molecule has 0 bridgehead atoms. The second-order valence-electron chi connectivity index (χ2n) is 2.47. The fraction of sp³-hybridized carbons (Fsp3) is 0.200. The van der Waals surface area contributed by atoms with Crippen molar-refractivity contribution in [2.24, 2.45) is 0 Å². The van der Waals surface area contributed by atoms with Crippen LogP contribution < -0.4 is 4.74 Å². The van der Waals surface area contributed by atoms with Crippen molar-refractivity contribution in [2.75, 3.05) is 6.61 Å². The number of benzene rings is 1. The first-order chi connectivity index (χ1) is 6.76. The summed E-state index contributed by atoms with van der Waals surface area (Å²) in [5.74, 6) is 0.356. The Labute approximate surface area is 81.4 Å². The lowest BCUT2D eigenvalue weighted by atomic mass is 10.2. The largest absolute Gasteiger partial charge is 0.513 e. The van der Waals surface area contributed by atoms with Crippen LogP contribution in [0.3, 0.4) is 0 Å². The summed E-state index contributed by atoms with van der Waals surface area (Å²) in [4.78, 5) is 21.2. The van der Waals surface area contributed by atoms with Gasteiger partial charge in [-0.3, -0.25) is 4.79 Å². The molecule has 0 aliphatic rings. The zero-order valence-electron chi connectivity index (χ0n) is 7.73. The number of aldehydes is 1. The van der Waals surface area contributed by atoms with Crippen LogP contribution in [0, 0.1) is 0 Å². The van der Waals surface area contributed by atoms with Gasteiger partial charge in [-0.15, -0.1) is 0 Å². The summed E-state index contributed by atoms with van der Waals surface area (Å²) in [7, 11) is 0. The van der Waals surface area contributed by atoms with Crippen molar-refractivity contribution in [2.45, 2.75) is 6.92 Å². The topological polar surface area (TPSA) is 52.6 Å². The van der Waals surface area contributed by atoms with Crippen molar-refractivity contribution >= 4 is 12.4 Å². The predicted molar refractivity (Wildman–Crippen MR) is 49.5 cm³/mol. The Kier molecular flexibility index (Phi) is 3.67. The minimum Gasteiger partial charge on any atom is -0.434 e. The average Bonchev–Trinajstić information content (AvgIpc) is 2.19. The van der Waals surface area contributed by atoms with E-state index in [1.807, 2.05) is 0 Å². The van der Waals surface area contributed by atoms with E-state index >= 15 is 0 Å². The molecule has 0 saturated carbocycles. The van der Waals surface area contributed by atoms with E-state index in [9.17, 15) is 9.59 Å². The number of carbonyl (C=O) groups is 2. The van der Waals surface area contributed by atoms with Gasteiger partial charge >= 0.3 is 6.16 Å². The third-order valence-electron chi connectivity index (χ3n) is 1.48. The summed E-state index contributed by atoms with van der Waals surface area (Å²) >= 11 is 0. The maximum atomic E-state index is 10.9. The zero-order valence-corrected chi connectivity index (χ0v) is 7.73. The van der Waals surface area contributed by atoms with Crippen molar-refractivity contribution in [1.82, 2.24) is 0 Å². The van der Waals surface area contributed by atoms with Crippen LogP contribution >= 0.6 is 0 Å². The van der Waals surface area contributed by atoms with Crippen molar-refractivity contribution in [1.29, 1.82) is 0 Å². The molecule has 0 unspecified atom stereocenters. The van der Waals surface area contributed by atoms with E-state index < -0.39 is 6.16 Å². The van der Waals surface area contributed by atoms with E-state index in [1.165, 1.54) is 12.1 Å². The molecule has 0 atom stereocenters. The molecule has 0 amide bonds. The molecule has 74 valence electrons. The van der Waals surface area contributed by atoms with Gasteiger partial charge in [0.1, 0.15) is 12.0 Å². The summed E-state index contributed by atoms with van der Waals surface area (Å²) in [6.45, 7) is 1.96. The molecule has 0 fully saturated rings. The normalized spacial score (nSPS) is 9.21. The fourth-order valence-corrected chi connectivity index (χ4v) is 0.858. The molecule has 0 aliphatic heterocycles. The molecule has 0 aromatic heterocycles. The van der Waals surface area contributed by atoms with E-state index in [2.05, 4.69) is 4.74 Å². The van der Waals surface area contributed by atoms with Crippen LogP contribution in [0.25, 0.3) is 0 Å². The van der Waals surface area contributed by atoms with Crippen LogP contribution in [0.4, 0.5) is 4.79 Å². The molecule has 1 aromatic carbocycles. The lowest BCUT2D eigenvalue weighted by molar-refractivity contribution is 0.104. The SMILES string of the molecule is CCOC(=O)Oc1ccc(C=O)cc1. The van der Waals surface area contributed by atoms with Gasteiger partial charge in [-0.25, -0.2) is 4.79 Å². The Morgan fingerprint density at radius 1 is 1.36 bits per heavy atom. The van der Waals surface area contributed by atoms with Crippen LogP contribution in [0.1, 0.15) is 17.3 Å². The lowest BCUT2D eigenvalue weighted by Crippen LogP contribution is -2.09. The van der Waals surface area contributed by atoms with E-state index in [4.69, 9.17) is 4.74 Å². The highest BCUT2D eigenvalue weighted by molar-refractivity contribution is 5.75. The Hall–Kier alpha value is -1.84. The number of rotatable bonds is 3. The highest BCUT2D eigenvalue weighted by Gasteiger charge is 2.03. The molecule has 0 aliphatic carbocycles. The molecule has 1 rings (SSSR count). The summed E-state index contributed by atoms with van der Waals surface area (Å²) < 4.78 is 9.35. The average molecular weight is 194 g/mol. The standard InChI is InChI=1S/C10H10O4/c1-2-13-10(12)14-9-5-3-8(7-11)4-6-9/h3-7H,2H2,1H3. The van der Waals surface area contributed by atoms with Crippen LogP contribution in [-0.2, 0) is 4.74 Å². The van der Waals surface area contributed by atoms with E-state index in [-0.39, 0.29) is 6.61 Å². The highest BCUT2D eigenvalue weighted by atomic mass is 16.7. The van der Waals surface area contributed by atoms with Crippen LogP contribution in [0.15, 0.2) is 24.3 Å². The molecule has 1 aromatic rings. The molecular weight excluding hydrogens is 184 g/mol. The van der Waals surface area contributed by atoms with Gasteiger partial charge in [0, 0.05) is 5.56 Å². The van der Waals surface area contributed by atoms with Gasteiger partial charge in [-0.1, -0.05) is 0 Å². The first kappa shape index (κ1) is 10.2. The summed E-state index contributed by atoms with van der Waals surface area (Å²) in [5, 5.41) is 0. The summed E-state index contributed by atoms with van der Waals surface area (Å²) in [5.41, 5.74) is 0.529. The van der Waals surface area contributed by atoms with E-state index in [1.54, 1.807) is 19.1 Å². The summed E-state index contributed by atoms with van der Waals surface area (Å²) in [6.07, 6.45) is -0.0277. The van der Waals surface area contributed by atoms with Gasteiger partial charge in [-0.05, 0) is 31.2 Å². The second-order valence-corrected chi connectivity index (χ2v) is 2.47. The van der Waals surface area contributed by atoms with Crippen molar-refractivity contribution in [3.63, 3.8) is 0 Å². The minimum atomic E-state index is -0.744. The molecule has 0 spiro atoms. The second kappa shape index (κ2) is 5.01. The van der Waals surface area contributed by atoms with Crippen molar-refractivity contribution in [3.8, 4) is 5.75 Å².